The molecule has 0 aliphatic rings. The first-order valence-corrected chi connectivity index (χ1v) is 6.72. The average molecular weight is 255 g/mol. The van der Waals surface area contributed by atoms with E-state index >= 15 is 0 Å². The van der Waals surface area contributed by atoms with Crippen LogP contribution in [-0.4, -0.2) is 19.1 Å². The van der Waals surface area contributed by atoms with Crippen molar-refractivity contribution in [2.24, 2.45) is 5.92 Å². The van der Waals surface area contributed by atoms with E-state index in [2.05, 4.69) is 36.9 Å². The van der Waals surface area contributed by atoms with Crippen LogP contribution in [0.2, 0.25) is 0 Å². The van der Waals surface area contributed by atoms with Crippen LogP contribution in [0.1, 0.15) is 30.5 Å². The van der Waals surface area contributed by atoms with Crippen LogP contribution in [0, 0.1) is 5.92 Å². The van der Waals surface area contributed by atoms with Crippen LogP contribution in [-0.2, 0) is 22.5 Å². The molecule has 0 radical (unpaired) electrons. The fourth-order valence-corrected chi connectivity index (χ4v) is 2.28. The van der Waals surface area contributed by atoms with Crippen LogP contribution >= 0.6 is 11.3 Å². The Hall–Kier alpha value is -0.870. The standard InChI is InChI=1S/C13H21NO2S/c1-9(2)10(3)14-8-12-6-5-11(17-12)7-13(15)16-4/h5-6,9-10,14H,7-8H2,1-4H3. The van der Waals surface area contributed by atoms with Gasteiger partial charge in [-0.25, -0.2) is 0 Å². The molecule has 3 nitrogen and oxygen atoms in total. The number of hydrogen-bond acceptors (Lipinski definition) is 4. The third-order valence-electron chi connectivity index (χ3n) is 2.86. The average Bonchev–Trinajstić information content (AvgIpc) is 2.73. The second-order valence-corrected chi connectivity index (χ2v) is 5.79. The van der Waals surface area contributed by atoms with Crippen LogP contribution in [0.4, 0.5) is 0 Å². The Kier molecular flexibility index (Phi) is 5.65. The summed E-state index contributed by atoms with van der Waals surface area (Å²) >= 11 is 1.67. The molecule has 1 N–H and O–H groups in total. The summed E-state index contributed by atoms with van der Waals surface area (Å²) < 4.78 is 4.65. The van der Waals surface area contributed by atoms with Crippen molar-refractivity contribution >= 4 is 17.3 Å². The first-order chi connectivity index (χ1) is 8.02. The monoisotopic (exact) mass is 255 g/mol. The number of thiophene rings is 1. The lowest BCUT2D eigenvalue weighted by atomic mass is 10.1. The van der Waals surface area contributed by atoms with Gasteiger partial charge in [-0.2, -0.15) is 0 Å². The summed E-state index contributed by atoms with van der Waals surface area (Å²) in [6, 6.07) is 4.57. The van der Waals surface area contributed by atoms with Crippen molar-refractivity contribution in [3.63, 3.8) is 0 Å². The molecule has 4 heteroatoms. The quantitative estimate of drug-likeness (QED) is 0.794. The first kappa shape index (κ1) is 14.2. The molecule has 0 amide bonds. The van der Waals surface area contributed by atoms with Gasteiger partial charge in [-0.3, -0.25) is 4.79 Å². The topological polar surface area (TPSA) is 38.3 Å². The van der Waals surface area contributed by atoms with Crippen molar-refractivity contribution in [3.05, 3.63) is 21.9 Å². The molecule has 0 aromatic carbocycles. The van der Waals surface area contributed by atoms with Gasteiger partial charge >= 0.3 is 5.97 Å². The molecule has 96 valence electrons. The van der Waals surface area contributed by atoms with E-state index in [0.29, 0.717) is 18.4 Å². The molecule has 1 unspecified atom stereocenters. The highest BCUT2D eigenvalue weighted by Gasteiger charge is 2.08. The minimum absolute atomic E-state index is 0.179. The van der Waals surface area contributed by atoms with Crippen LogP contribution in [0.5, 0.6) is 0 Å². The van der Waals surface area contributed by atoms with E-state index in [1.54, 1.807) is 11.3 Å². The van der Waals surface area contributed by atoms with Crippen molar-refractivity contribution in [3.8, 4) is 0 Å². The lowest BCUT2D eigenvalue weighted by Crippen LogP contribution is -2.29. The third kappa shape index (κ3) is 4.88. The smallest absolute Gasteiger partial charge is 0.310 e. The molecule has 1 aromatic rings. The van der Waals surface area contributed by atoms with Crippen LogP contribution in [0.3, 0.4) is 0 Å². The first-order valence-electron chi connectivity index (χ1n) is 5.90. The summed E-state index contributed by atoms with van der Waals surface area (Å²) in [7, 11) is 1.42. The number of hydrogen-bond donors (Lipinski definition) is 1. The van der Waals surface area contributed by atoms with Gasteiger partial charge in [-0.1, -0.05) is 13.8 Å². The predicted molar refractivity (Wildman–Crippen MR) is 71.2 cm³/mol. The largest absolute Gasteiger partial charge is 0.469 e. The normalized spacial score (nSPS) is 12.8. The fraction of sp³-hybridized carbons (Fsp3) is 0.615. The minimum atomic E-state index is -0.179. The van der Waals surface area contributed by atoms with Gasteiger partial charge in [0.1, 0.15) is 0 Å². The number of rotatable bonds is 6. The fourth-order valence-electron chi connectivity index (χ4n) is 1.32. The summed E-state index contributed by atoms with van der Waals surface area (Å²) in [5.74, 6) is 0.450. The zero-order chi connectivity index (χ0) is 12.8. The van der Waals surface area contributed by atoms with Gasteiger partial charge in [0.15, 0.2) is 0 Å². The maximum Gasteiger partial charge on any atom is 0.310 e. The number of esters is 1. The molecule has 0 fully saturated rings. The highest BCUT2D eigenvalue weighted by molar-refractivity contribution is 7.12. The maximum absolute atomic E-state index is 11.1. The summed E-state index contributed by atoms with van der Waals surface area (Å²) in [4.78, 5) is 13.4. The van der Waals surface area contributed by atoms with Gasteiger partial charge in [-0.05, 0) is 25.0 Å². The van der Waals surface area contributed by atoms with E-state index < -0.39 is 0 Å². The van der Waals surface area contributed by atoms with E-state index in [9.17, 15) is 4.79 Å². The second-order valence-electron chi connectivity index (χ2n) is 4.53. The molecule has 0 bridgehead atoms. The van der Waals surface area contributed by atoms with E-state index in [1.165, 1.54) is 12.0 Å². The molecule has 1 aromatic heterocycles. The molecule has 0 spiro atoms. The lowest BCUT2D eigenvalue weighted by Gasteiger charge is -2.16. The number of carbonyl (C=O) groups is 1. The highest BCUT2D eigenvalue weighted by atomic mass is 32.1. The summed E-state index contributed by atoms with van der Waals surface area (Å²) in [6.45, 7) is 7.46. The van der Waals surface area contributed by atoms with E-state index in [-0.39, 0.29) is 5.97 Å². The van der Waals surface area contributed by atoms with Crippen LogP contribution in [0.15, 0.2) is 12.1 Å². The molecular formula is C13H21NO2S. The van der Waals surface area contributed by atoms with Gasteiger partial charge in [0, 0.05) is 22.3 Å². The number of ether oxygens (including phenoxy) is 1. The van der Waals surface area contributed by atoms with Gasteiger partial charge in [-0.15, -0.1) is 11.3 Å². The molecular weight excluding hydrogens is 234 g/mol. The maximum atomic E-state index is 11.1. The molecule has 17 heavy (non-hydrogen) atoms. The zero-order valence-electron chi connectivity index (χ0n) is 10.9. The predicted octanol–water partition coefficient (Wildman–Crippen LogP) is 2.60. The SMILES string of the molecule is COC(=O)Cc1ccc(CNC(C)C(C)C)s1. The van der Waals surface area contributed by atoms with E-state index in [0.717, 1.165) is 11.4 Å². The number of nitrogens with one attached hydrogen (secondary N) is 1. The van der Waals surface area contributed by atoms with Crippen LogP contribution < -0.4 is 5.32 Å². The summed E-state index contributed by atoms with van der Waals surface area (Å²) in [5.41, 5.74) is 0. The van der Waals surface area contributed by atoms with Crippen molar-refractivity contribution in [2.45, 2.75) is 39.8 Å². The Morgan fingerprint density at radius 2 is 2.00 bits per heavy atom. The Balaban J connectivity index is 2.43. The van der Waals surface area contributed by atoms with Gasteiger partial charge < -0.3 is 10.1 Å². The molecule has 0 aliphatic heterocycles. The van der Waals surface area contributed by atoms with Gasteiger partial charge in [0.2, 0.25) is 0 Å². The molecule has 1 heterocycles. The Labute approximate surface area is 107 Å². The van der Waals surface area contributed by atoms with E-state index in [1.807, 2.05) is 6.07 Å². The van der Waals surface area contributed by atoms with Crippen molar-refractivity contribution < 1.29 is 9.53 Å². The minimum Gasteiger partial charge on any atom is -0.469 e. The number of methoxy groups -OCH3 is 1. The Morgan fingerprint density at radius 3 is 2.59 bits per heavy atom. The number of carbonyl (C=O) groups excluding carboxylic acids is 1. The van der Waals surface area contributed by atoms with Gasteiger partial charge in [0.05, 0.1) is 13.5 Å². The van der Waals surface area contributed by atoms with Gasteiger partial charge in [0.25, 0.3) is 0 Å². The molecule has 0 saturated heterocycles. The molecule has 1 atom stereocenters. The second kappa shape index (κ2) is 6.77. The Morgan fingerprint density at radius 1 is 1.35 bits per heavy atom. The van der Waals surface area contributed by atoms with Crippen molar-refractivity contribution in [1.82, 2.24) is 5.32 Å². The molecule has 0 aliphatic carbocycles. The zero-order valence-corrected chi connectivity index (χ0v) is 11.8. The lowest BCUT2D eigenvalue weighted by molar-refractivity contribution is -0.139. The highest BCUT2D eigenvalue weighted by Crippen LogP contribution is 2.17. The van der Waals surface area contributed by atoms with Crippen molar-refractivity contribution in [2.75, 3.05) is 7.11 Å². The third-order valence-corrected chi connectivity index (χ3v) is 3.95. The van der Waals surface area contributed by atoms with Crippen LogP contribution in [0.25, 0.3) is 0 Å². The summed E-state index contributed by atoms with van der Waals surface area (Å²) in [5, 5.41) is 3.47. The van der Waals surface area contributed by atoms with Crippen molar-refractivity contribution in [1.29, 1.82) is 0 Å². The molecule has 1 rings (SSSR count). The van der Waals surface area contributed by atoms with E-state index in [4.69, 9.17) is 0 Å². The molecule has 0 saturated carbocycles. The summed E-state index contributed by atoms with van der Waals surface area (Å²) in [6.07, 6.45) is 0.376. The Bertz CT molecular complexity index is 360.